The Morgan fingerprint density at radius 1 is 0.462 bits per heavy atom. The van der Waals surface area contributed by atoms with E-state index in [2.05, 4.69) is 127 Å². The Balaban J connectivity index is 0.000000168. The number of carbonyl (C=O) groups excluding carboxylic acids is 3. The molecule has 5 aromatic heterocycles. The van der Waals surface area contributed by atoms with Crippen molar-refractivity contribution in [3.8, 4) is 34.5 Å². The van der Waals surface area contributed by atoms with E-state index in [0.717, 1.165) is 176 Å². The van der Waals surface area contributed by atoms with Gasteiger partial charge < -0.3 is 88.4 Å². The minimum absolute atomic E-state index is 0.0174. The number of thiophene rings is 1. The summed E-state index contributed by atoms with van der Waals surface area (Å²) >= 11 is 40.7. The molecule has 8 heterocycles. The fourth-order valence-electron chi connectivity index (χ4n) is 17.1. The number of aromatic nitrogens is 3. The van der Waals surface area contributed by atoms with Crippen molar-refractivity contribution in [3.05, 3.63) is 262 Å². The number of benzene rings is 6. The van der Waals surface area contributed by atoms with E-state index in [1.54, 1.807) is 38.2 Å². The highest BCUT2D eigenvalue weighted by atomic mass is 35.5. The number of aliphatic hydroxyl groups is 2. The molecule has 698 valence electrons. The fraction of sp³-hybridized carbons (Fsp3) is 0.354. The fourth-order valence-corrected chi connectivity index (χ4v) is 20.6. The molecule has 1 aliphatic carbocycles. The molecule has 3 amide bonds. The van der Waals surface area contributed by atoms with Gasteiger partial charge in [0.05, 0.1) is 94.9 Å². The Morgan fingerprint density at radius 2 is 0.811 bits per heavy atom. The Hall–Kier alpha value is -10.5. The zero-order chi connectivity index (χ0) is 94.8. The summed E-state index contributed by atoms with van der Waals surface area (Å²) in [4.78, 5) is 65.8. The van der Waals surface area contributed by atoms with Gasteiger partial charge >= 0.3 is 5.92 Å². The second kappa shape index (κ2) is 43.2. The van der Waals surface area contributed by atoms with E-state index in [9.17, 15) is 24.6 Å². The topological polar surface area (TPSA) is 254 Å². The number of rotatable bonds is 30. The first-order chi connectivity index (χ1) is 63.3. The maximum Gasteiger partial charge on any atom is 0.333 e. The van der Waals surface area contributed by atoms with Gasteiger partial charge in [0, 0.05) is 201 Å². The zero-order valence-corrected chi connectivity index (χ0v) is 80.9. The van der Waals surface area contributed by atoms with E-state index in [1.165, 1.54) is 90.6 Å². The second-order valence-electron chi connectivity index (χ2n) is 32.7. The molecule has 15 rings (SSSR count). The molecule has 0 radical (unpaired) electrons. The van der Waals surface area contributed by atoms with Crippen LogP contribution in [-0.2, 0) is 63.6 Å². The van der Waals surface area contributed by atoms with Gasteiger partial charge in [0.1, 0.15) is 40.1 Å². The molecule has 5 N–H and O–H groups in total. The molecule has 0 saturated carbocycles. The van der Waals surface area contributed by atoms with E-state index in [4.69, 9.17) is 112 Å². The van der Waals surface area contributed by atoms with Crippen LogP contribution in [0.1, 0.15) is 107 Å². The third-order valence-corrected chi connectivity index (χ3v) is 28.4. The number of methoxy groups -OCH3 is 6. The molecule has 3 aliphatic heterocycles. The van der Waals surface area contributed by atoms with Gasteiger partial charge in [0.15, 0.2) is 11.3 Å². The van der Waals surface area contributed by atoms with Crippen molar-refractivity contribution in [2.75, 3.05) is 171 Å². The maximum atomic E-state index is 15.9. The molecule has 3 atom stereocenters. The second-order valence-corrected chi connectivity index (χ2v) is 36.1. The number of ether oxygens (including phenoxy) is 6. The summed E-state index contributed by atoms with van der Waals surface area (Å²) in [7, 11) is 8.63. The Bertz CT molecular complexity index is 5780. The lowest BCUT2D eigenvalue weighted by Crippen LogP contribution is -2.46. The van der Waals surface area contributed by atoms with Crippen LogP contribution in [0.2, 0.25) is 30.1 Å². The summed E-state index contributed by atoms with van der Waals surface area (Å²) < 4.78 is 70.3. The molecule has 132 heavy (non-hydrogen) atoms. The van der Waals surface area contributed by atoms with Gasteiger partial charge in [-0.05, 0) is 170 Å². The summed E-state index contributed by atoms with van der Waals surface area (Å²) in [5, 5.41) is 34.2. The highest BCUT2D eigenvalue weighted by Crippen LogP contribution is 2.54. The number of fused-ring (bicyclic) bond motifs is 3. The minimum Gasteiger partial charge on any atom is -0.495 e. The van der Waals surface area contributed by atoms with Crippen molar-refractivity contribution < 1.29 is 66.2 Å². The van der Waals surface area contributed by atoms with Crippen molar-refractivity contribution in [2.45, 2.75) is 83.8 Å². The van der Waals surface area contributed by atoms with Gasteiger partial charge in [-0.1, -0.05) is 128 Å². The zero-order valence-electron chi connectivity index (χ0n) is 75.6. The quantitative estimate of drug-likeness (QED) is 0.0262. The number of nitrogens with one attached hydrogen (secondary N) is 3. The van der Waals surface area contributed by atoms with Crippen LogP contribution in [-0.4, -0.2) is 198 Å². The molecule has 33 heteroatoms. The standard InChI is InChI=1S/C34H40Cl2N4O4.C33H36Cl2N4O4S.C32H32Cl2F2N4O4/c1-6-30(41)38-27-18-26(40-12-10-39(7-2)11-13-40)9-8-21(27)16-25-17-22-14-24(15-23(22)20-37-25)34(3,42)31-32(35)28(43-4)19-29(44-5)33(31)36;1-6-29(40)37-24-17-23(39-12-10-38(7-2)11-13-39)9-8-20(24)14-22-15-21-16-28(44-27(21)19-36-22)33(3,41)30-31(34)25(42-4)18-26(43-5)32(30)35;1-5-28(41)38-23-16-22(40-11-9-39(6-2)10-12-40)8-7-19(23)13-21-14-20-15-27(44-26(20)18-37-21)32(35,36)29-30(33)24(42-3)17-25(43-4)31(29)34/h6,8-9,17-20,24,42H,1,7,10-16H2,2-5H3,(H,38,41);6,8-9,15-19,41H,1,7,10-14H2,2-5H3,(H,37,40);5,7-8,14-18H,1,6,9-13H2,2-4H3,(H,38,41). The van der Waals surface area contributed by atoms with Gasteiger partial charge in [0.2, 0.25) is 17.7 Å². The molecule has 3 saturated heterocycles. The van der Waals surface area contributed by atoms with E-state index in [-0.39, 0.29) is 70.9 Å². The van der Waals surface area contributed by atoms with Gasteiger partial charge in [-0.3, -0.25) is 29.3 Å². The smallest absolute Gasteiger partial charge is 0.333 e. The summed E-state index contributed by atoms with van der Waals surface area (Å²) in [6, 6.07) is 31.8. The van der Waals surface area contributed by atoms with Crippen LogP contribution in [0.15, 0.2) is 164 Å². The number of alkyl halides is 2. The molecule has 0 bridgehead atoms. The predicted molar refractivity (Wildman–Crippen MR) is 526 cm³/mol. The van der Waals surface area contributed by atoms with E-state index >= 15 is 8.78 Å². The molecular weight excluding hydrogens is 1830 g/mol. The van der Waals surface area contributed by atoms with Crippen molar-refractivity contribution in [3.63, 3.8) is 0 Å². The number of likely N-dealkylation sites (N-methyl/N-ethyl adjacent to an activating group) is 3. The summed E-state index contributed by atoms with van der Waals surface area (Å²) in [6.07, 6.45) is 11.4. The first-order valence-corrected chi connectivity index (χ1v) is 46.4. The number of halogens is 8. The predicted octanol–water partition coefficient (Wildman–Crippen LogP) is 19.8. The van der Waals surface area contributed by atoms with Gasteiger partial charge in [-0.2, -0.15) is 8.78 Å². The molecular formula is C99H108Cl6F2N12O12S. The highest BCUT2D eigenvalue weighted by molar-refractivity contribution is 7.19. The normalized spacial score (nSPS) is 15.8. The number of pyridine rings is 3. The van der Waals surface area contributed by atoms with Crippen molar-refractivity contribution in [2.24, 2.45) is 5.92 Å². The number of anilines is 6. The average Bonchev–Trinajstić information content (AvgIpc) is 1.56. The van der Waals surface area contributed by atoms with Crippen LogP contribution in [0.4, 0.5) is 42.9 Å². The van der Waals surface area contributed by atoms with E-state index in [1.807, 2.05) is 42.6 Å². The third-order valence-electron chi connectivity index (χ3n) is 24.9. The Kier molecular flexibility index (Phi) is 32.4. The van der Waals surface area contributed by atoms with Crippen LogP contribution >= 0.6 is 80.9 Å². The third kappa shape index (κ3) is 21.8. The van der Waals surface area contributed by atoms with Gasteiger partial charge in [0.25, 0.3) is 0 Å². The number of carbonyl (C=O) groups is 3. The average molecular weight is 1940 g/mol. The lowest BCUT2D eigenvalue weighted by molar-refractivity contribution is -0.112. The molecule has 3 unspecified atom stereocenters. The first kappa shape index (κ1) is 99.0. The number of hydrogen-bond acceptors (Lipinski definition) is 22. The number of hydrogen-bond donors (Lipinski definition) is 5. The molecule has 3 fully saturated rings. The SMILES string of the molecule is C=CC(=O)Nc1cc(N2CCN(CC)CC2)ccc1Cc1cc2c(cn1)CC(C(C)(O)c1c(Cl)c(OC)cc(OC)c1Cl)C2.C=CC(=O)Nc1cc(N2CCN(CC)CC2)ccc1Cc1cc2cc(C(C)(O)c3c(Cl)c(OC)cc(OC)c3Cl)sc2cn1.C=CC(=O)Nc1cc(N2CCN(CC)CC2)ccc1Cc1cc2cc(C(F)(F)c3c(Cl)c(OC)cc(OC)c3Cl)oc2cn1. The molecule has 11 aromatic rings. The largest absolute Gasteiger partial charge is 0.495 e. The van der Waals surface area contributed by atoms with Crippen LogP contribution < -0.4 is 59.1 Å². The molecule has 6 aromatic carbocycles. The van der Waals surface area contributed by atoms with Gasteiger partial charge in [-0.15, -0.1) is 11.3 Å². The monoisotopic (exact) mass is 1940 g/mol. The van der Waals surface area contributed by atoms with Gasteiger partial charge in [-0.25, -0.2) is 0 Å². The van der Waals surface area contributed by atoms with Crippen LogP contribution in [0.5, 0.6) is 34.5 Å². The van der Waals surface area contributed by atoms with Crippen LogP contribution in [0.3, 0.4) is 0 Å². The summed E-state index contributed by atoms with van der Waals surface area (Å²) in [6.45, 7) is 35.3. The molecule has 24 nitrogen and oxygen atoms in total. The first-order valence-electron chi connectivity index (χ1n) is 43.3. The maximum absolute atomic E-state index is 15.9. The molecule has 4 aliphatic rings. The number of furan rings is 1. The van der Waals surface area contributed by atoms with Crippen LogP contribution in [0, 0.1) is 5.92 Å². The van der Waals surface area contributed by atoms with Crippen molar-refractivity contribution in [1.82, 2.24) is 29.7 Å². The lowest BCUT2D eigenvalue weighted by atomic mass is 9.80. The minimum atomic E-state index is -3.73. The van der Waals surface area contributed by atoms with Crippen molar-refractivity contribution in [1.29, 1.82) is 0 Å². The molecule has 0 spiro atoms. The highest BCUT2D eigenvalue weighted by Gasteiger charge is 2.46. The van der Waals surface area contributed by atoms with Crippen molar-refractivity contribution >= 4 is 154 Å². The Labute approximate surface area is 801 Å². The lowest BCUT2D eigenvalue weighted by Gasteiger charge is -2.35. The summed E-state index contributed by atoms with van der Waals surface area (Å²) in [5.74, 6) is -4.01. The number of amides is 3. The van der Waals surface area contributed by atoms with E-state index in [0.29, 0.717) is 87.9 Å². The summed E-state index contributed by atoms with van der Waals surface area (Å²) in [5.41, 5.74) is 9.71. The number of piperazine rings is 3. The van der Waals surface area contributed by atoms with E-state index < -0.39 is 28.4 Å². The van der Waals surface area contributed by atoms with Crippen LogP contribution in [0.25, 0.3) is 21.1 Å². The number of nitrogens with zero attached hydrogens (tertiary/aromatic N) is 9. The Morgan fingerprint density at radius 3 is 1.19 bits per heavy atom.